The summed E-state index contributed by atoms with van der Waals surface area (Å²) >= 11 is 0. The number of benzene rings is 1. The van der Waals surface area contributed by atoms with E-state index in [1.54, 1.807) is 31.2 Å². The van der Waals surface area contributed by atoms with Crippen molar-refractivity contribution in [3.63, 3.8) is 0 Å². The summed E-state index contributed by atoms with van der Waals surface area (Å²) < 4.78 is 31.9. The number of aromatic nitrogens is 1. The smallest absolute Gasteiger partial charge is 0.243 e. The summed E-state index contributed by atoms with van der Waals surface area (Å²) in [5.74, 6) is -0.455. The number of rotatable bonds is 8. The second-order valence-corrected chi connectivity index (χ2v) is 9.18. The van der Waals surface area contributed by atoms with Gasteiger partial charge in [-0.2, -0.15) is 9.41 Å². The van der Waals surface area contributed by atoms with Crippen molar-refractivity contribution in [2.75, 3.05) is 26.3 Å². The lowest BCUT2D eigenvalue weighted by Crippen LogP contribution is -2.40. The number of carbonyl (C=O) groups is 1. The standard InChI is InChI=1S/C21H26N4O6S/c1-15-21(28)19(17(14-26)12-22-15)13-23-24-20(27)7-4-16-2-5-18(6-3-16)32(29,30)25-8-10-31-11-9-25/h2-3,5-6,12-13,26,28H,4,7-11,14H2,1H3,(H,24,27)/b23-13+. The number of nitrogens with zero attached hydrogens (tertiary/aromatic N) is 3. The van der Waals surface area contributed by atoms with Crippen molar-refractivity contribution in [3.05, 3.63) is 52.8 Å². The van der Waals surface area contributed by atoms with Crippen LogP contribution in [0.2, 0.25) is 0 Å². The summed E-state index contributed by atoms with van der Waals surface area (Å²) in [6, 6.07) is 6.46. The molecule has 0 radical (unpaired) electrons. The molecule has 1 fully saturated rings. The zero-order valence-corrected chi connectivity index (χ0v) is 18.5. The van der Waals surface area contributed by atoms with Crippen molar-refractivity contribution in [1.29, 1.82) is 0 Å². The number of morpholine rings is 1. The topological polar surface area (TPSA) is 141 Å². The SMILES string of the molecule is Cc1ncc(CO)c(/C=N/NC(=O)CCc2ccc(S(=O)(=O)N3CCOCC3)cc2)c1O. The number of aryl methyl sites for hydroxylation is 2. The lowest BCUT2D eigenvalue weighted by molar-refractivity contribution is -0.121. The lowest BCUT2D eigenvalue weighted by Gasteiger charge is -2.26. The Morgan fingerprint density at radius 1 is 1.28 bits per heavy atom. The number of hydrogen-bond donors (Lipinski definition) is 3. The second kappa shape index (κ2) is 10.6. The molecule has 1 amide bonds. The van der Waals surface area contributed by atoms with Crippen molar-refractivity contribution in [1.82, 2.24) is 14.7 Å². The van der Waals surface area contributed by atoms with Crippen LogP contribution >= 0.6 is 0 Å². The Morgan fingerprint density at radius 3 is 2.62 bits per heavy atom. The van der Waals surface area contributed by atoms with Crippen LogP contribution < -0.4 is 5.43 Å². The number of hydrazone groups is 1. The Hall–Kier alpha value is -2.86. The molecule has 3 rings (SSSR count). The van der Waals surface area contributed by atoms with Crippen LogP contribution in [0.15, 0.2) is 40.5 Å². The number of aliphatic hydroxyl groups excluding tert-OH is 1. The molecular weight excluding hydrogens is 436 g/mol. The normalized spacial score (nSPS) is 15.2. The molecule has 11 heteroatoms. The van der Waals surface area contributed by atoms with Crippen molar-refractivity contribution in [2.24, 2.45) is 5.10 Å². The van der Waals surface area contributed by atoms with E-state index >= 15 is 0 Å². The average Bonchev–Trinajstić information content (AvgIpc) is 2.81. The molecule has 32 heavy (non-hydrogen) atoms. The molecule has 2 heterocycles. The maximum Gasteiger partial charge on any atom is 0.243 e. The molecule has 1 aliphatic heterocycles. The molecule has 10 nitrogen and oxygen atoms in total. The molecule has 1 saturated heterocycles. The monoisotopic (exact) mass is 462 g/mol. The molecule has 172 valence electrons. The van der Waals surface area contributed by atoms with E-state index in [9.17, 15) is 23.4 Å². The highest BCUT2D eigenvalue weighted by Gasteiger charge is 2.26. The predicted octanol–water partition coefficient (Wildman–Crippen LogP) is 0.692. The first-order valence-corrected chi connectivity index (χ1v) is 11.5. The fourth-order valence-corrected chi connectivity index (χ4v) is 4.58. The first-order chi connectivity index (χ1) is 15.3. The summed E-state index contributed by atoms with van der Waals surface area (Å²) in [5.41, 5.74) is 4.26. The Bertz CT molecular complexity index is 1080. The van der Waals surface area contributed by atoms with Gasteiger partial charge < -0.3 is 14.9 Å². The summed E-state index contributed by atoms with van der Waals surface area (Å²) in [5, 5.41) is 23.3. The van der Waals surface area contributed by atoms with Gasteiger partial charge in [-0.1, -0.05) is 12.1 Å². The number of ether oxygens (including phenoxy) is 1. The minimum absolute atomic E-state index is 0.110. The fraction of sp³-hybridized carbons (Fsp3) is 0.381. The van der Waals surface area contributed by atoms with Crippen LogP contribution in [-0.2, 0) is 32.6 Å². The molecule has 0 unspecified atom stereocenters. The van der Waals surface area contributed by atoms with E-state index in [0.717, 1.165) is 5.56 Å². The third-order valence-corrected chi connectivity index (χ3v) is 7.00. The van der Waals surface area contributed by atoms with Gasteiger partial charge in [-0.3, -0.25) is 9.78 Å². The summed E-state index contributed by atoms with van der Waals surface area (Å²) in [6.45, 7) is 2.73. The molecule has 0 atom stereocenters. The molecule has 2 aromatic rings. The highest BCUT2D eigenvalue weighted by atomic mass is 32.2. The first kappa shape index (κ1) is 23.8. The van der Waals surface area contributed by atoms with Gasteiger partial charge in [-0.05, 0) is 31.0 Å². The van der Waals surface area contributed by atoms with Gasteiger partial charge in [-0.15, -0.1) is 0 Å². The van der Waals surface area contributed by atoms with Gasteiger partial charge >= 0.3 is 0 Å². The van der Waals surface area contributed by atoms with Crippen molar-refractivity contribution < 1.29 is 28.2 Å². The highest BCUT2D eigenvalue weighted by Crippen LogP contribution is 2.22. The zero-order chi connectivity index (χ0) is 23.1. The lowest BCUT2D eigenvalue weighted by atomic mass is 10.1. The molecule has 1 aromatic heterocycles. The summed E-state index contributed by atoms with van der Waals surface area (Å²) in [6.07, 6.45) is 3.24. The molecule has 0 bridgehead atoms. The predicted molar refractivity (Wildman–Crippen MR) is 117 cm³/mol. The molecule has 0 saturated carbocycles. The number of aromatic hydroxyl groups is 1. The van der Waals surface area contributed by atoms with Crippen LogP contribution in [0.1, 0.15) is 28.8 Å². The van der Waals surface area contributed by atoms with Crippen LogP contribution in [0.3, 0.4) is 0 Å². The van der Waals surface area contributed by atoms with Crippen molar-refractivity contribution >= 4 is 22.1 Å². The van der Waals surface area contributed by atoms with E-state index in [2.05, 4.69) is 15.5 Å². The Labute approximate surface area is 186 Å². The summed E-state index contributed by atoms with van der Waals surface area (Å²) in [7, 11) is -3.55. The fourth-order valence-electron chi connectivity index (χ4n) is 3.17. The van der Waals surface area contributed by atoms with E-state index in [1.165, 1.54) is 16.7 Å². The number of nitrogens with one attached hydrogen (secondary N) is 1. The molecule has 3 N–H and O–H groups in total. The zero-order valence-electron chi connectivity index (χ0n) is 17.7. The van der Waals surface area contributed by atoms with Crippen LogP contribution in [-0.4, -0.2) is 66.3 Å². The maximum absolute atomic E-state index is 12.6. The van der Waals surface area contributed by atoms with Gasteiger partial charge in [0.15, 0.2) is 0 Å². The Balaban J connectivity index is 1.54. The van der Waals surface area contributed by atoms with E-state index < -0.39 is 10.0 Å². The van der Waals surface area contributed by atoms with Gasteiger partial charge in [0, 0.05) is 36.8 Å². The minimum atomic E-state index is -3.55. The quantitative estimate of drug-likeness (QED) is 0.387. The van der Waals surface area contributed by atoms with E-state index in [0.29, 0.717) is 44.0 Å². The third-order valence-electron chi connectivity index (χ3n) is 5.08. The number of pyridine rings is 1. The molecule has 1 aliphatic rings. The van der Waals surface area contributed by atoms with Gasteiger partial charge in [0.1, 0.15) is 5.75 Å². The van der Waals surface area contributed by atoms with Crippen LogP contribution in [0.25, 0.3) is 0 Å². The number of carbonyl (C=O) groups excluding carboxylic acids is 1. The Morgan fingerprint density at radius 2 is 1.97 bits per heavy atom. The number of amides is 1. The van der Waals surface area contributed by atoms with Crippen LogP contribution in [0, 0.1) is 6.92 Å². The minimum Gasteiger partial charge on any atom is -0.505 e. The van der Waals surface area contributed by atoms with Crippen molar-refractivity contribution in [3.8, 4) is 5.75 Å². The molecule has 1 aromatic carbocycles. The van der Waals surface area contributed by atoms with Crippen molar-refractivity contribution in [2.45, 2.75) is 31.3 Å². The molecule has 0 spiro atoms. The average molecular weight is 463 g/mol. The second-order valence-electron chi connectivity index (χ2n) is 7.24. The number of aliphatic hydroxyl groups is 1. The van der Waals surface area contributed by atoms with Crippen LogP contribution in [0.5, 0.6) is 5.75 Å². The van der Waals surface area contributed by atoms with Gasteiger partial charge in [0.2, 0.25) is 15.9 Å². The molecular formula is C21H26N4O6S. The largest absolute Gasteiger partial charge is 0.505 e. The third kappa shape index (κ3) is 5.68. The summed E-state index contributed by atoms with van der Waals surface area (Å²) in [4.78, 5) is 16.3. The van der Waals surface area contributed by atoms with Gasteiger partial charge in [-0.25, -0.2) is 13.8 Å². The maximum atomic E-state index is 12.6. The van der Waals surface area contributed by atoms with E-state index in [4.69, 9.17) is 4.74 Å². The van der Waals surface area contributed by atoms with Gasteiger partial charge in [0.25, 0.3) is 0 Å². The highest BCUT2D eigenvalue weighted by molar-refractivity contribution is 7.89. The van der Waals surface area contributed by atoms with Gasteiger partial charge in [0.05, 0.1) is 36.6 Å². The number of hydrogen-bond acceptors (Lipinski definition) is 8. The molecule has 0 aliphatic carbocycles. The van der Waals surface area contributed by atoms with E-state index in [-0.39, 0.29) is 35.1 Å². The number of sulfonamides is 1. The first-order valence-electron chi connectivity index (χ1n) is 10.1. The Kier molecular flexibility index (Phi) is 7.91. The van der Waals surface area contributed by atoms with Crippen LogP contribution in [0.4, 0.5) is 0 Å². The van der Waals surface area contributed by atoms with E-state index in [1.807, 2.05) is 0 Å².